The van der Waals surface area contributed by atoms with Gasteiger partial charge in [0, 0.05) is 0 Å². The van der Waals surface area contributed by atoms with Crippen LogP contribution in [0.3, 0.4) is 0 Å². The van der Waals surface area contributed by atoms with E-state index in [9.17, 15) is 0 Å². The molecule has 0 bridgehead atoms. The van der Waals surface area contributed by atoms with Gasteiger partial charge < -0.3 is 0 Å². The van der Waals surface area contributed by atoms with Crippen molar-refractivity contribution in [2.75, 3.05) is 0 Å². The summed E-state index contributed by atoms with van der Waals surface area (Å²) in [4.78, 5) is 0. The molecule has 0 aliphatic heterocycles. The number of aliphatic hydroxyl groups is 1. The van der Waals surface area contributed by atoms with E-state index in [0.29, 0.717) is 0 Å². The molecule has 1 N–H and O–H groups in total. The Hall–Kier alpha value is -1.24. The van der Waals surface area contributed by atoms with Crippen molar-refractivity contribution in [3.63, 3.8) is 0 Å². The summed E-state index contributed by atoms with van der Waals surface area (Å²) in [6, 6.07) is 15.2. The van der Waals surface area contributed by atoms with Crippen LogP contribution in [-0.4, -0.2) is 22.0 Å². The minimum absolute atomic E-state index is 0.0239. The topological polar surface area (TPSA) is 29.5 Å². The molecule has 2 nitrogen and oxygen atoms in total. The molecule has 0 unspecified atom stereocenters. The molecular weight excluding hydrogens is 263 g/mol. The van der Waals surface area contributed by atoms with Gasteiger partial charge in [-0.1, -0.05) is 0 Å². The van der Waals surface area contributed by atoms with Gasteiger partial charge in [0.05, 0.1) is 0 Å². The molecule has 3 heteroatoms. The van der Waals surface area contributed by atoms with E-state index in [1.807, 2.05) is 48.5 Å². The molecule has 0 aromatic heterocycles. The van der Waals surface area contributed by atoms with Crippen LogP contribution in [-0.2, 0) is 6.61 Å². The van der Waals surface area contributed by atoms with Crippen molar-refractivity contribution in [2.24, 2.45) is 0 Å². The van der Waals surface area contributed by atoms with E-state index in [1.165, 1.54) is 0 Å². The van der Waals surface area contributed by atoms with E-state index >= 15 is 0 Å². The zero-order valence-corrected chi connectivity index (χ0v) is 10.5. The second-order valence-corrected chi connectivity index (χ2v) is 4.28. The minimum atomic E-state index is 0.0239. The van der Waals surface area contributed by atoms with Crippen LogP contribution in [0.5, 0.6) is 11.5 Å². The zero-order chi connectivity index (χ0) is 11.4. The molecular formula is C13H11AsO2. The van der Waals surface area contributed by atoms with Gasteiger partial charge in [-0.3, -0.25) is 0 Å². The zero-order valence-electron chi connectivity index (χ0n) is 8.63. The first-order valence-electron chi connectivity index (χ1n) is 4.96. The molecule has 2 aromatic carbocycles. The van der Waals surface area contributed by atoms with Gasteiger partial charge in [0.25, 0.3) is 0 Å². The van der Waals surface area contributed by atoms with Crippen LogP contribution in [0.1, 0.15) is 5.56 Å². The SMILES string of the molecule is OCc1cccc(Oc2ccccc2)c1[As]. The Bertz CT molecular complexity index is 469. The molecule has 0 aliphatic rings. The van der Waals surface area contributed by atoms with Crippen molar-refractivity contribution in [1.82, 2.24) is 0 Å². The van der Waals surface area contributed by atoms with Crippen molar-refractivity contribution in [1.29, 1.82) is 0 Å². The van der Waals surface area contributed by atoms with Crippen LogP contribution in [0.25, 0.3) is 0 Å². The molecule has 0 heterocycles. The molecule has 2 aromatic rings. The van der Waals surface area contributed by atoms with Gasteiger partial charge in [-0.25, -0.2) is 0 Å². The number of para-hydroxylation sites is 1. The van der Waals surface area contributed by atoms with Crippen molar-refractivity contribution in [3.8, 4) is 11.5 Å². The number of hydrogen-bond donors (Lipinski definition) is 1. The van der Waals surface area contributed by atoms with Crippen molar-refractivity contribution in [3.05, 3.63) is 54.1 Å². The third kappa shape index (κ3) is 2.46. The van der Waals surface area contributed by atoms with E-state index in [4.69, 9.17) is 9.84 Å². The third-order valence-electron chi connectivity index (χ3n) is 2.22. The molecule has 0 spiro atoms. The summed E-state index contributed by atoms with van der Waals surface area (Å²) in [5.41, 5.74) is 0.869. The summed E-state index contributed by atoms with van der Waals surface area (Å²) in [6.45, 7) is 0.0239. The maximum atomic E-state index is 9.14. The normalized spacial score (nSPS) is 10.1. The fraction of sp³-hybridized carbons (Fsp3) is 0.0769. The number of benzene rings is 2. The van der Waals surface area contributed by atoms with Gasteiger partial charge in [0.1, 0.15) is 0 Å². The van der Waals surface area contributed by atoms with Gasteiger partial charge in [0.2, 0.25) is 0 Å². The van der Waals surface area contributed by atoms with Crippen LogP contribution in [0.2, 0.25) is 0 Å². The molecule has 0 saturated carbocycles. The monoisotopic (exact) mass is 274 g/mol. The molecule has 2 rings (SSSR count). The fourth-order valence-electron chi connectivity index (χ4n) is 1.39. The first kappa shape index (κ1) is 11.2. The van der Waals surface area contributed by atoms with Crippen molar-refractivity contribution < 1.29 is 9.84 Å². The molecule has 0 saturated heterocycles. The number of hydrogen-bond acceptors (Lipinski definition) is 2. The summed E-state index contributed by atoms with van der Waals surface area (Å²) in [5.74, 6) is 1.56. The average Bonchev–Trinajstić information content (AvgIpc) is 2.33. The van der Waals surface area contributed by atoms with E-state index in [2.05, 4.69) is 16.9 Å². The summed E-state index contributed by atoms with van der Waals surface area (Å²) >= 11 is 2.44. The van der Waals surface area contributed by atoms with Gasteiger partial charge in [0.15, 0.2) is 0 Å². The summed E-state index contributed by atoms with van der Waals surface area (Å²) in [7, 11) is 0. The molecule has 0 aliphatic carbocycles. The fourth-order valence-corrected chi connectivity index (χ4v) is 1.95. The number of aliphatic hydroxyl groups excluding tert-OH is 1. The van der Waals surface area contributed by atoms with Crippen molar-refractivity contribution >= 4 is 21.2 Å². The van der Waals surface area contributed by atoms with Crippen LogP contribution < -0.4 is 9.09 Å². The molecule has 0 amide bonds. The Morgan fingerprint density at radius 2 is 1.75 bits per heavy atom. The van der Waals surface area contributed by atoms with Crippen LogP contribution in [0.15, 0.2) is 48.5 Å². The number of rotatable bonds is 3. The van der Waals surface area contributed by atoms with Gasteiger partial charge in [-0.15, -0.1) is 0 Å². The van der Waals surface area contributed by atoms with Crippen LogP contribution in [0, 0.1) is 0 Å². The second kappa shape index (κ2) is 5.20. The van der Waals surface area contributed by atoms with Crippen LogP contribution >= 0.6 is 0 Å². The first-order chi connectivity index (χ1) is 7.81. The molecule has 0 fully saturated rings. The Morgan fingerprint density at radius 1 is 1.00 bits per heavy atom. The molecule has 80 valence electrons. The van der Waals surface area contributed by atoms with Crippen molar-refractivity contribution in [2.45, 2.75) is 6.61 Å². The van der Waals surface area contributed by atoms with E-state index in [0.717, 1.165) is 21.4 Å². The Balaban J connectivity index is 2.28. The summed E-state index contributed by atoms with van der Waals surface area (Å²) < 4.78 is 6.64. The van der Waals surface area contributed by atoms with Crippen LogP contribution in [0.4, 0.5) is 0 Å². The second-order valence-electron chi connectivity index (χ2n) is 3.34. The maximum absolute atomic E-state index is 9.14. The van der Waals surface area contributed by atoms with E-state index < -0.39 is 0 Å². The van der Waals surface area contributed by atoms with E-state index in [-0.39, 0.29) is 6.61 Å². The summed E-state index contributed by atoms with van der Waals surface area (Å²) in [6.07, 6.45) is 0. The number of ether oxygens (including phenoxy) is 1. The standard InChI is InChI=1S/C13H11AsO2/c14-13-10(9-15)5-4-8-12(13)16-11-6-2-1-3-7-11/h1-8,15H,9H2. The molecule has 2 radical (unpaired) electrons. The van der Waals surface area contributed by atoms with Gasteiger partial charge in [-0.05, 0) is 0 Å². The third-order valence-corrected chi connectivity index (χ3v) is 3.29. The van der Waals surface area contributed by atoms with E-state index in [1.54, 1.807) is 0 Å². The average molecular weight is 274 g/mol. The Kier molecular flexibility index (Phi) is 3.65. The Labute approximate surface area is 103 Å². The predicted octanol–water partition coefficient (Wildman–Crippen LogP) is 1.76. The predicted molar refractivity (Wildman–Crippen MR) is 64.3 cm³/mol. The molecule has 16 heavy (non-hydrogen) atoms. The van der Waals surface area contributed by atoms with Gasteiger partial charge in [-0.2, -0.15) is 0 Å². The quantitative estimate of drug-likeness (QED) is 0.864. The summed E-state index contributed by atoms with van der Waals surface area (Å²) in [5, 5.41) is 9.14. The Morgan fingerprint density at radius 3 is 2.44 bits per heavy atom. The molecule has 0 atom stereocenters. The first-order valence-corrected chi connectivity index (χ1v) is 5.89. The van der Waals surface area contributed by atoms with Gasteiger partial charge >= 0.3 is 103 Å².